The average Bonchev–Trinajstić information content (AvgIpc) is 1.79. The summed E-state index contributed by atoms with van der Waals surface area (Å²) in [7, 11) is 2.17. The molecule has 6 aromatic heterocycles. The molecule has 9 aromatic rings. The number of halogens is 3. The van der Waals surface area contributed by atoms with Crippen LogP contribution in [0.15, 0.2) is 128 Å². The lowest BCUT2D eigenvalue weighted by atomic mass is 9.86. The summed E-state index contributed by atoms with van der Waals surface area (Å²) in [6.07, 6.45) is 14.0. The van der Waals surface area contributed by atoms with Crippen molar-refractivity contribution in [2.45, 2.75) is 120 Å². The van der Waals surface area contributed by atoms with Crippen molar-refractivity contribution in [3.8, 4) is 17.1 Å². The Morgan fingerprint density at radius 1 is 0.400 bits per heavy atom. The van der Waals surface area contributed by atoms with Crippen LogP contribution in [0.5, 0.6) is 0 Å². The predicted octanol–water partition coefficient (Wildman–Crippen LogP) is 11.2. The summed E-state index contributed by atoms with van der Waals surface area (Å²) in [6.45, 7) is 12.0. The Bertz CT molecular complexity index is 3550. The maximum Gasteiger partial charge on any atom is 0.151 e. The van der Waals surface area contributed by atoms with E-state index < -0.39 is 0 Å². The number of rotatable bonds is 16. The third kappa shape index (κ3) is 12.1. The second-order valence-corrected chi connectivity index (χ2v) is 26.8. The van der Waals surface area contributed by atoms with Crippen LogP contribution >= 0.6 is 34.8 Å². The van der Waals surface area contributed by atoms with Gasteiger partial charge in [-0.25, -0.2) is 15.0 Å². The van der Waals surface area contributed by atoms with Crippen molar-refractivity contribution in [3.05, 3.63) is 194 Å². The van der Waals surface area contributed by atoms with Gasteiger partial charge in [-0.1, -0.05) is 53.0 Å². The lowest BCUT2D eigenvalue weighted by Gasteiger charge is -2.39. The van der Waals surface area contributed by atoms with Crippen LogP contribution in [0.3, 0.4) is 0 Å². The van der Waals surface area contributed by atoms with Gasteiger partial charge in [0.1, 0.15) is 34.9 Å². The van der Waals surface area contributed by atoms with Crippen LogP contribution in [-0.2, 0) is 39.3 Å². The van der Waals surface area contributed by atoms with Crippen LogP contribution < -0.4 is 20.0 Å². The standard InChI is InChI=1S/C68H76Cl3N19/c1-72-68(23-35-82-41-50-38-53(69)11-14-56(50)88-62(44-82)76-79-65(88)47-17-29-85(30-18-47)59-8-2-5-26-73-59,24-36-83-42-51-39-54(70)12-15-57(51)89-63(45-83)77-80-66(89)48-19-31-86(32-20-48)60-9-3-6-27-74-60)25-37-84-43-52-40-55(71)13-16-58(52)90-64(46-84)78-81-67(90)49-21-33-87(34-22-49)61-10-4-7-28-75-61/h2-16,26-28,38-40,47-49,72H,17-25,29-37,41-46H2,1H3. The van der Waals surface area contributed by atoms with Crippen LogP contribution in [0.1, 0.15) is 127 Å². The number of fused-ring (bicyclic) bond motifs is 9. The fourth-order valence-corrected chi connectivity index (χ4v) is 15.7. The topological polar surface area (TPSA) is 162 Å². The van der Waals surface area contributed by atoms with E-state index in [9.17, 15) is 0 Å². The molecule has 0 bridgehead atoms. The van der Waals surface area contributed by atoms with E-state index in [2.05, 4.69) is 143 Å². The summed E-state index contributed by atoms with van der Waals surface area (Å²) in [5, 5.41) is 36.4. The summed E-state index contributed by atoms with van der Waals surface area (Å²) in [6, 6.07) is 37.4. The van der Waals surface area contributed by atoms with E-state index in [1.807, 2.05) is 55.0 Å². The van der Waals surface area contributed by atoms with Gasteiger partial charge in [-0.15, -0.1) is 30.6 Å². The summed E-state index contributed by atoms with van der Waals surface area (Å²) < 4.78 is 7.07. The Morgan fingerprint density at radius 3 is 0.989 bits per heavy atom. The van der Waals surface area contributed by atoms with Crippen LogP contribution in [-0.4, -0.2) is 145 Å². The average molecular weight is 1270 g/mol. The van der Waals surface area contributed by atoms with Gasteiger partial charge in [0.05, 0.1) is 36.7 Å². The number of nitrogens with zero attached hydrogens (tertiary/aromatic N) is 18. The number of aromatic nitrogens is 12. The van der Waals surface area contributed by atoms with Gasteiger partial charge in [-0.2, -0.15) is 0 Å². The first-order valence-corrected chi connectivity index (χ1v) is 33.3. The van der Waals surface area contributed by atoms with Gasteiger partial charge in [-0.3, -0.25) is 28.4 Å². The van der Waals surface area contributed by atoms with E-state index >= 15 is 0 Å². The van der Waals surface area contributed by atoms with Crippen molar-refractivity contribution in [2.75, 3.05) is 80.7 Å². The molecule has 3 aromatic carbocycles. The predicted molar refractivity (Wildman–Crippen MR) is 352 cm³/mol. The molecule has 1 N–H and O–H groups in total. The molecule has 0 saturated carbocycles. The zero-order chi connectivity index (χ0) is 60.7. The highest BCUT2D eigenvalue weighted by Gasteiger charge is 2.38. The second kappa shape index (κ2) is 25.7. The molecule has 0 atom stereocenters. The number of nitrogens with one attached hydrogen (secondary N) is 1. The fraction of sp³-hybridized carbons (Fsp3) is 0.426. The van der Waals surface area contributed by atoms with Crippen molar-refractivity contribution in [1.29, 1.82) is 0 Å². The molecule has 6 aliphatic rings. The summed E-state index contributed by atoms with van der Waals surface area (Å²) in [5.74, 6) is 9.83. The van der Waals surface area contributed by atoms with E-state index in [1.54, 1.807) is 0 Å². The van der Waals surface area contributed by atoms with Gasteiger partial charge in [0.2, 0.25) is 0 Å². The van der Waals surface area contributed by atoms with E-state index in [4.69, 9.17) is 65.4 Å². The number of pyridine rings is 3. The normalized spacial score (nSPS) is 18.1. The first kappa shape index (κ1) is 59.0. The first-order valence-electron chi connectivity index (χ1n) is 32.2. The minimum absolute atomic E-state index is 0.259. The Balaban J connectivity index is 0.711. The molecule has 464 valence electrons. The first-order chi connectivity index (χ1) is 44.2. The zero-order valence-corrected chi connectivity index (χ0v) is 53.3. The lowest BCUT2D eigenvalue weighted by Crippen LogP contribution is -2.49. The molecular formula is C68H76Cl3N19. The van der Waals surface area contributed by atoms with Crippen molar-refractivity contribution in [3.63, 3.8) is 0 Å². The molecule has 3 saturated heterocycles. The molecule has 22 heteroatoms. The number of hydrogen-bond donors (Lipinski definition) is 1. The highest BCUT2D eigenvalue weighted by Crippen LogP contribution is 2.40. The number of hydrogen-bond acceptors (Lipinski definition) is 16. The molecule has 0 spiro atoms. The van der Waals surface area contributed by atoms with Gasteiger partial charge in [0, 0.05) is 135 Å². The number of benzene rings is 3. The van der Waals surface area contributed by atoms with Crippen LogP contribution in [0.4, 0.5) is 17.5 Å². The third-order valence-corrected chi connectivity index (χ3v) is 20.8. The van der Waals surface area contributed by atoms with E-state index in [0.717, 1.165) is 221 Å². The monoisotopic (exact) mass is 1260 g/mol. The minimum Gasteiger partial charge on any atom is -0.357 e. The number of anilines is 3. The van der Waals surface area contributed by atoms with Gasteiger partial charge in [-0.05, 0) is 173 Å². The van der Waals surface area contributed by atoms with Crippen molar-refractivity contribution in [1.82, 2.24) is 79.3 Å². The summed E-state index contributed by atoms with van der Waals surface area (Å²) >= 11 is 20.7. The number of piperidine rings is 3. The quantitative estimate of drug-likeness (QED) is 0.0971. The van der Waals surface area contributed by atoms with Crippen molar-refractivity contribution >= 4 is 52.3 Å². The zero-order valence-electron chi connectivity index (χ0n) is 51.0. The summed E-state index contributed by atoms with van der Waals surface area (Å²) in [4.78, 5) is 28.8. The molecular weight excluding hydrogens is 1190 g/mol. The van der Waals surface area contributed by atoms with Crippen molar-refractivity contribution in [2.24, 2.45) is 0 Å². The van der Waals surface area contributed by atoms with Crippen LogP contribution in [0.25, 0.3) is 17.1 Å². The molecule has 19 nitrogen and oxygen atoms in total. The van der Waals surface area contributed by atoms with E-state index in [1.165, 1.54) is 16.7 Å². The highest BCUT2D eigenvalue weighted by atomic mass is 35.5. The maximum atomic E-state index is 6.91. The molecule has 0 aliphatic carbocycles. The largest absolute Gasteiger partial charge is 0.357 e. The second-order valence-electron chi connectivity index (χ2n) is 25.5. The third-order valence-electron chi connectivity index (χ3n) is 20.1. The Kier molecular flexibility index (Phi) is 16.9. The SMILES string of the molecule is CNC(CCN1Cc2cc(Cl)ccc2-n2c(nnc2C2CCN(c3ccccn3)CC2)C1)(CCN1Cc2cc(Cl)ccc2-n2c(nnc2C2CCN(c3ccccn3)CC2)C1)CCN1Cc2cc(Cl)ccc2-n2c(nnc2C2CCN(c3ccccn3)CC2)C1. The van der Waals surface area contributed by atoms with E-state index in [0.29, 0.717) is 19.6 Å². The molecule has 0 amide bonds. The smallest absolute Gasteiger partial charge is 0.151 e. The van der Waals surface area contributed by atoms with Gasteiger partial charge in [0.25, 0.3) is 0 Å². The minimum atomic E-state index is -0.322. The lowest BCUT2D eigenvalue weighted by molar-refractivity contribution is 0.142. The molecule has 0 radical (unpaired) electrons. The van der Waals surface area contributed by atoms with Gasteiger partial charge < -0.3 is 20.0 Å². The Hall–Kier alpha value is -7.36. The van der Waals surface area contributed by atoms with Crippen molar-refractivity contribution < 1.29 is 0 Å². The molecule has 90 heavy (non-hydrogen) atoms. The molecule has 6 aliphatic heterocycles. The highest BCUT2D eigenvalue weighted by molar-refractivity contribution is 6.31. The summed E-state index contributed by atoms with van der Waals surface area (Å²) in [5.41, 5.74) is 6.55. The molecule has 15 rings (SSSR count). The van der Waals surface area contributed by atoms with Gasteiger partial charge in [0.15, 0.2) is 17.5 Å². The maximum absolute atomic E-state index is 6.91. The van der Waals surface area contributed by atoms with Crippen LogP contribution in [0.2, 0.25) is 15.1 Å². The molecule has 12 heterocycles. The Labute approximate surface area is 541 Å². The van der Waals surface area contributed by atoms with Crippen LogP contribution in [0, 0.1) is 0 Å². The molecule has 3 fully saturated rings. The van der Waals surface area contributed by atoms with Gasteiger partial charge >= 0.3 is 0 Å². The molecule has 0 unspecified atom stereocenters. The van der Waals surface area contributed by atoms with E-state index in [-0.39, 0.29) is 23.3 Å². The fourth-order valence-electron chi connectivity index (χ4n) is 15.1. The Morgan fingerprint density at radius 2 is 0.711 bits per heavy atom.